The van der Waals surface area contributed by atoms with Crippen molar-refractivity contribution in [1.82, 2.24) is 0 Å². The van der Waals surface area contributed by atoms with Gasteiger partial charge in [0.25, 0.3) is 0 Å². The standard InChI is InChI=1S/C18H21N3O3S/c1-13(2)25(23,24)14(3)18(22)19-15-9-11-17(12-10-15)21-20-16-7-5-4-6-8-16/h4-14H,1-3H3,(H,19,22). The molecule has 0 fully saturated rings. The predicted molar refractivity (Wildman–Crippen MR) is 99.2 cm³/mol. The molecule has 25 heavy (non-hydrogen) atoms. The molecule has 1 N–H and O–H groups in total. The Kier molecular flexibility index (Phi) is 6.03. The molecule has 0 aromatic heterocycles. The van der Waals surface area contributed by atoms with Crippen molar-refractivity contribution in [3.8, 4) is 0 Å². The van der Waals surface area contributed by atoms with Gasteiger partial charge in [-0.1, -0.05) is 18.2 Å². The fraction of sp³-hybridized carbons (Fsp3) is 0.278. The average Bonchev–Trinajstić information content (AvgIpc) is 2.61. The molecule has 0 radical (unpaired) electrons. The van der Waals surface area contributed by atoms with Crippen LogP contribution < -0.4 is 5.32 Å². The third-order valence-electron chi connectivity index (χ3n) is 3.69. The van der Waals surface area contributed by atoms with E-state index in [-0.39, 0.29) is 0 Å². The summed E-state index contributed by atoms with van der Waals surface area (Å²) >= 11 is 0. The minimum atomic E-state index is -3.49. The third-order valence-corrected chi connectivity index (χ3v) is 6.20. The maximum atomic E-state index is 12.1. The van der Waals surface area contributed by atoms with Crippen LogP contribution in [-0.2, 0) is 14.6 Å². The minimum Gasteiger partial charge on any atom is -0.325 e. The summed E-state index contributed by atoms with van der Waals surface area (Å²) < 4.78 is 24.1. The van der Waals surface area contributed by atoms with Crippen LogP contribution in [0.4, 0.5) is 17.1 Å². The van der Waals surface area contributed by atoms with Crippen molar-refractivity contribution in [3.05, 3.63) is 54.6 Å². The van der Waals surface area contributed by atoms with E-state index in [4.69, 9.17) is 0 Å². The zero-order chi connectivity index (χ0) is 18.4. The van der Waals surface area contributed by atoms with E-state index >= 15 is 0 Å². The van der Waals surface area contributed by atoms with Gasteiger partial charge in [0.15, 0.2) is 9.84 Å². The van der Waals surface area contributed by atoms with Gasteiger partial charge in [0.1, 0.15) is 5.25 Å². The van der Waals surface area contributed by atoms with Crippen molar-refractivity contribution in [1.29, 1.82) is 0 Å². The number of hydrogen-bond acceptors (Lipinski definition) is 5. The topological polar surface area (TPSA) is 88.0 Å². The van der Waals surface area contributed by atoms with Gasteiger partial charge in [-0.3, -0.25) is 4.79 Å². The normalized spacial score (nSPS) is 13.1. The molecule has 2 aromatic carbocycles. The van der Waals surface area contributed by atoms with Crippen LogP contribution in [0.2, 0.25) is 0 Å². The molecule has 2 rings (SSSR count). The van der Waals surface area contributed by atoms with Crippen molar-refractivity contribution >= 4 is 32.8 Å². The molecule has 6 nitrogen and oxygen atoms in total. The lowest BCUT2D eigenvalue weighted by Crippen LogP contribution is -2.36. The molecule has 132 valence electrons. The monoisotopic (exact) mass is 359 g/mol. The molecule has 0 saturated heterocycles. The van der Waals surface area contributed by atoms with Gasteiger partial charge in [-0.05, 0) is 57.2 Å². The van der Waals surface area contributed by atoms with Crippen LogP contribution in [0.3, 0.4) is 0 Å². The SMILES string of the molecule is CC(C)S(=O)(=O)C(C)C(=O)Nc1ccc(N=Nc2ccccc2)cc1. The van der Waals surface area contributed by atoms with E-state index in [0.717, 1.165) is 5.69 Å². The summed E-state index contributed by atoms with van der Waals surface area (Å²) in [6, 6.07) is 16.0. The molecule has 0 heterocycles. The summed E-state index contributed by atoms with van der Waals surface area (Å²) in [4.78, 5) is 12.1. The molecule has 7 heteroatoms. The Morgan fingerprint density at radius 1 is 0.880 bits per heavy atom. The number of anilines is 1. The second-order valence-electron chi connectivity index (χ2n) is 5.85. The molecule has 0 aliphatic carbocycles. The maximum Gasteiger partial charge on any atom is 0.242 e. The Labute approximate surface area is 147 Å². The van der Waals surface area contributed by atoms with Crippen LogP contribution in [0.25, 0.3) is 0 Å². The van der Waals surface area contributed by atoms with E-state index in [1.165, 1.54) is 6.92 Å². The van der Waals surface area contributed by atoms with Crippen molar-refractivity contribution < 1.29 is 13.2 Å². The van der Waals surface area contributed by atoms with Gasteiger partial charge in [0.05, 0.1) is 16.6 Å². The molecular formula is C18H21N3O3S. The number of nitrogens with zero attached hydrogens (tertiary/aromatic N) is 2. The molecule has 0 aliphatic rings. The average molecular weight is 359 g/mol. The van der Waals surface area contributed by atoms with E-state index < -0.39 is 26.2 Å². The predicted octanol–water partition coefficient (Wildman–Crippen LogP) is 4.25. The van der Waals surface area contributed by atoms with Crippen molar-refractivity contribution in [2.45, 2.75) is 31.3 Å². The Morgan fingerprint density at radius 2 is 1.40 bits per heavy atom. The Bertz CT molecular complexity index is 845. The Morgan fingerprint density at radius 3 is 1.92 bits per heavy atom. The van der Waals surface area contributed by atoms with Gasteiger partial charge >= 0.3 is 0 Å². The zero-order valence-corrected chi connectivity index (χ0v) is 15.2. The number of carbonyl (C=O) groups is 1. The summed E-state index contributed by atoms with van der Waals surface area (Å²) in [6.07, 6.45) is 0. The first kappa shape index (κ1) is 18.8. The zero-order valence-electron chi connectivity index (χ0n) is 14.4. The molecule has 1 unspecified atom stereocenters. The summed E-state index contributed by atoms with van der Waals surface area (Å²) in [5, 5.41) is 9.12. The van der Waals surface area contributed by atoms with E-state index in [9.17, 15) is 13.2 Å². The van der Waals surface area contributed by atoms with Gasteiger partial charge in [0, 0.05) is 5.69 Å². The molecule has 0 aliphatic heterocycles. The Balaban J connectivity index is 2.03. The highest BCUT2D eigenvalue weighted by Gasteiger charge is 2.30. The molecule has 0 bridgehead atoms. The summed E-state index contributed by atoms with van der Waals surface area (Å²) in [6.45, 7) is 4.52. The van der Waals surface area contributed by atoms with Crippen molar-refractivity contribution in [2.75, 3.05) is 5.32 Å². The summed E-state index contributed by atoms with van der Waals surface area (Å²) in [5.41, 5.74) is 1.88. The van der Waals surface area contributed by atoms with Crippen molar-refractivity contribution in [3.63, 3.8) is 0 Å². The summed E-state index contributed by atoms with van der Waals surface area (Å²) in [5.74, 6) is -0.549. The van der Waals surface area contributed by atoms with Crippen LogP contribution in [0.5, 0.6) is 0 Å². The fourth-order valence-electron chi connectivity index (χ4n) is 2.02. The first-order valence-electron chi connectivity index (χ1n) is 7.91. The van der Waals surface area contributed by atoms with Crippen LogP contribution in [0, 0.1) is 0 Å². The number of benzene rings is 2. The van der Waals surface area contributed by atoms with E-state index in [1.807, 2.05) is 30.3 Å². The Hall–Kier alpha value is -2.54. The van der Waals surface area contributed by atoms with Crippen LogP contribution in [0.15, 0.2) is 64.8 Å². The molecule has 1 atom stereocenters. The number of rotatable bonds is 6. The smallest absolute Gasteiger partial charge is 0.242 e. The quantitative estimate of drug-likeness (QED) is 0.782. The lowest BCUT2D eigenvalue weighted by molar-refractivity contribution is -0.115. The van der Waals surface area contributed by atoms with Crippen LogP contribution in [-0.4, -0.2) is 24.8 Å². The number of sulfone groups is 1. The second kappa shape index (κ2) is 8.02. The highest BCUT2D eigenvalue weighted by molar-refractivity contribution is 7.93. The second-order valence-corrected chi connectivity index (χ2v) is 8.68. The van der Waals surface area contributed by atoms with Crippen molar-refractivity contribution in [2.24, 2.45) is 10.2 Å². The first-order chi connectivity index (χ1) is 11.8. The van der Waals surface area contributed by atoms with Gasteiger partial charge in [0.2, 0.25) is 5.91 Å². The van der Waals surface area contributed by atoms with E-state index in [0.29, 0.717) is 11.4 Å². The number of amides is 1. The third kappa shape index (κ3) is 4.96. The lowest BCUT2D eigenvalue weighted by atomic mass is 10.3. The molecule has 1 amide bonds. The number of azo groups is 1. The van der Waals surface area contributed by atoms with Gasteiger partial charge in [-0.2, -0.15) is 10.2 Å². The molecular weight excluding hydrogens is 338 g/mol. The largest absolute Gasteiger partial charge is 0.325 e. The summed E-state index contributed by atoms with van der Waals surface area (Å²) in [7, 11) is -3.49. The minimum absolute atomic E-state index is 0.509. The number of carbonyl (C=O) groups excluding carboxylic acids is 1. The van der Waals surface area contributed by atoms with E-state index in [2.05, 4.69) is 15.5 Å². The molecule has 0 saturated carbocycles. The van der Waals surface area contributed by atoms with Crippen LogP contribution in [0.1, 0.15) is 20.8 Å². The first-order valence-corrected chi connectivity index (χ1v) is 9.52. The van der Waals surface area contributed by atoms with Crippen LogP contribution >= 0.6 is 0 Å². The van der Waals surface area contributed by atoms with Gasteiger partial charge in [-0.25, -0.2) is 8.42 Å². The lowest BCUT2D eigenvalue weighted by Gasteiger charge is -2.15. The highest BCUT2D eigenvalue weighted by Crippen LogP contribution is 2.20. The molecule has 2 aromatic rings. The van der Waals surface area contributed by atoms with Gasteiger partial charge in [-0.15, -0.1) is 0 Å². The maximum absolute atomic E-state index is 12.1. The van der Waals surface area contributed by atoms with Gasteiger partial charge < -0.3 is 5.32 Å². The number of hydrogen-bond donors (Lipinski definition) is 1. The molecule has 0 spiro atoms. The fourth-order valence-corrected chi connectivity index (χ4v) is 3.20. The van der Waals surface area contributed by atoms with E-state index in [1.54, 1.807) is 38.1 Å². The number of nitrogens with one attached hydrogen (secondary N) is 1. The highest BCUT2D eigenvalue weighted by atomic mass is 32.2.